The van der Waals surface area contributed by atoms with Crippen LogP contribution in [-0.4, -0.2) is 28.7 Å². The number of anilines is 1. The Kier molecular flexibility index (Phi) is 3.70. The highest BCUT2D eigenvalue weighted by Crippen LogP contribution is 2.28. The maximum absolute atomic E-state index is 12.4. The van der Waals surface area contributed by atoms with Crippen molar-refractivity contribution in [2.24, 2.45) is 5.92 Å². The van der Waals surface area contributed by atoms with Gasteiger partial charge >= 0.3 is 0 Å². The number of aromatic nitrogens is 2. The quantitative estimate of drug-likeness (QED) is 0.902. The molecular weight excluding hydrogens is 268 g/mol. The van der Waals surface area contributed by atoms with Gasteiger partial charge in [0.05, 0.1) is 17.2 Å². The lowest BCUT2D eigenvalue weighted by molar-refractivity contribution is -0.119. The van der Waals surface area contributed by atoms with Gasteiger partial charge in [-0.05, 0) is 32.0 Å². The van der Waals surface area contributed by atoms with Gasteiger partial charge in [0, 0.05) is 13.0 Å². The lowest BCUT2D eigenvalue weighted by Crippen LogP contribution is -2.32. The number of carbonyl (C=O) groups is 1. The first-order chi connectivity index (χ1) is 10.1. The summed E-state index contributed by atoms with van der Waals surface area (Å²) in [5.41, 5.74) is 1.44. The Morgan fingerprint density at radius 1 is 1.38 bits per heavy atom. The van der Waals surface area contributed by atoms with Crippen molar-refractivity contribution in [1.29, 1.82) is 0 Å². The van der Waals surface area contributed by atoms with Crippen LogP contribution in [0.4, 0.5) is 5.69 Å². The molecule has 2 heterocycles. The SMILES string of the molecule is Cc1nnc(-c2ccccc2NC(=O)C2CCNC2C)o1. The van der Waals surface area contributed by atoms with Crippen LogP contribution in [0.3, 0.4) is 0 Å². The minimum absolute atomic E-state index is 0.0116. The summed E-state index contributed by atoms with van der Waals surface area (Å²) in [6.07, 6.45) is 0.856. The average Bonchev–Trinajstić information content (AvgIpc) is 3.08. The number of carbonyl (C=O) groups excluding carboxylic acids is 1. The van der Waals surface area contributed by atoms with E-state index in [0.717, 1.165) is 18.5 Å². The molecule has 2 unspecified atom stereocenters. The van der Waals surface area contributed by atoms with E-state index >= 15 is 0 Å². The molecule has 1 amide bonds. The summed E-state index contributed by atoms with van der Waals surface area (Å²) in [6.45, 7) is 4.65. The van der Waals surface area contributed by atoms with Gasteiger partial charge in [-0.3, -0.25) is 4.79 Å². The molecule has 2 aromatic rings. The molecule has 21 heavy (non-hydrogen) atoms. The highest BCUT2D eigenvalue weighted by Gasteiger charge is 2.29. The topological polar surface area (TPSA) is 80.0 Å². The first-order valence-electron chi connectivity index (χ1n) is 7.09. The Morgan fingerprint density at radius 2 is 2.19 bits per heavy atom. The number of hydrogen-bond acceptors (Lipinski definition) is 5. The van der Waals surface area contributed by atoms with E-state index in [1.807, 2.05) is 31.2 Å². The fourth-order valence-corrected chi connectivity index (χ4v) is 2.63. The molecule has 1 saturated heterocycles. The highest BCUT2D eigenvalue weighted by atomic mass is 16.4. The Bertz CT molecular complexity index is 653. The summed E-state index contributed by atoms with van der Waals surface area (Å²) in [4.78, 5) is 12.4. The number of benzene rings is 1. The number of nitrogens with one attached hydrogen (secondary N) is 2. The van der Waals surface area contributed by atoms with Gasteiger partial charge in [-0.1, -0.05) is 12.1 Å². The molecule has 0 spiro atoms. The molecule has 2 N–H and O–H groups in total. The zero-order valence-corrected chi connectivity index (χ0v) is 12.1. The van der Waals surface area contributed by atoms with Gasteiger partial charge in [-0.2, -0.15) is 0 Å². The molecule has 1 aliphatic rings. The lowest BCUT2D eigenvalue weighted by Gasteiger charge is -2.16. The molecule has 110 valence electrons. The maximum Gasteiger partial charge on any atom is 0.249 e. The van der Waals surface area contributed by atoms with Gasteiger partial charge in [0.2, 0.25) is 17.7 Å². The second-order valence-corrected chi connectivity index (χ2v) is 5.30. The zero-order valence-electron chi connectivity index (χ0n) is 12.1. The number of amides is 1. The molecule has 0 radical (unpaired) electrons. The summed E-state index contributed by atoms with van der Waals surface area (Å²) >= 11 is 0. The molecule has 3 rings (SSSR count). The van der Waals surface area contributed by atoms with Crippen molar-refractivity contribution < 1.29 is 9.21 Å². The van der Waals surface area contributed by atoms with Crippen LogP contribution in [0, 0.1) is 12.8 Å². The fraction of sp³-hybridized carbons (Fsp3) is 0.400. The Hall–Kier alpha value is -2.21. The number of nitrogens with zero attached hydrogens (tertiary/aromatic N) is 2. The van der Waals surface area contributed by atoms with Crippen LogP contribution in [-0.2, 0) is 4.79 Å². The predicted molar refractivity (Wildman–Crippen MR) is 78.7 cm³/mol. The molecule has 2 atom stereocenters. The predicted octanol–water partition coefficient (Wildman–Crippen LogP) is 1.98. The van der Waals surface area contributed by atoms with Crippen molar-refractivity contribution in [2.75, 3.05) is 11.9 Å². The largest absolute Gasteiger partial charge is 0.421 e. The number of rotatable bonds is 3. The minimum atomic E-state index is -0.0116. The maximum atomic E-state index is 12.4. The van der Waals surface area contributed by atoms with E-state index in [2.05, 4.69) is 20.8 Å². The summed E-state index contributed by atoms with van der Waals surface area (Å²) < 4.78 is 5.45. The molecule has 1 aromatic carbocycles. The first-order valence-corrected chi connectivity index (χ1v) is 7.09. The van der Waals surface area contributed by atoms with E-state index in [4.69, 9.17) is 4.42 Å². The van der Waals surface area contributed by atoms with Crippen LogP contribution >= 0.6 is 0 Å². The smallest absolute Gasteiger partial charge is 0.249 e. The molecule has 6 heteroatoms. The molecule has 1 aliphatic heterocycles. The standard InChI is InChI=1S/C15H18N4O2/c1-9-11(7-8-16-9)14(20)17-13-6-4-3-5-12(13)15-19-18-10(2)21-15/h3-6,9,11,16H,7-8H2,1-2H3,(H,17,20). The molecule has 0 aliphatic carbocycles. The highest BCUT2D eigenvalue weighted by molar-refractivity contribution is 5.96. The van der Waals surface area contributed by atoms with Crippen LogP contribution < -0.4 is 10.6 Å². The monoisotopic (exact) mass is 286 g/mol. The summed E-state index contributed by atoms with van der Waals surface area (Å²) in [7, 11) is 0. The average molecular weight is 286 g/mol. The molecule has 6 nitrogen and oxygen atoms in total. The van der Waals surface area contributed by atoms with Crippen LogP contribution in [0.25, 0.3) is 11.5 Å². The number of hydrogen-bond donors (Lipinski definition) is 2. The van der Waals surface area contributed by atoms with Crippen molar-refractivity contribution in [3.8, 4) is 11.5 Å². The molecule has 0 bridgehead atoms. The second kappa shape index (κ2) is 5.65. The summed E-state index contributed by atoms with van der Waals surface area (Å²) in [5.74, 6) is 0.930. The van der Waals surface area contributed by atoms with Crippen molar-refractivity contribution >= 4 is 11.6 Å². The number of para-hydroxylation sites is 1. The summed E-state index contributed by atoms with van der Waals surface area (Å²) in [5, 5.41) is 14.1. The van der Waals surface area contributed by atoms with E-state index in [1.165, 1.54) is 0 Å². The van der Waals surface area contributed by atoms with E-state index in [0.29, 0.717) is 17.5 Å². The summed E-state index contributed by atoms with van der Waals surface area (Å²) in [6, 6.07) is 7.66. The Labute approximate surface area is 123 Å². The van der Waals surface area contributed by atoms with Crippen LogP contribution in [0.2, 0.25) is 0 Å². The molecular formula is C15H18N4O2. The first kappa shape index (κ1) is 13.8. The van der Waals surface area contributed by atoms with Gasteiger partial charge in [0.15, 0.2) is 0 Å². The van der Waals surface area contributed by atoms with E-state index < -0.39 is 0 Å². The third kappa shape index (κ3) is 2.80. The van der Waals surface area contributed by atoms with E-state index in [9.17, 15) is 4.79 Å². The zero-order chi connectivity index (χ0) is 14.8. The van der Waals surface area contributed by atoms with Gasteiger partial charge in [-0.25, -0.2) is 0 Å². The third-order valence-corrected chi connectivity index (χ3v) is 3.80. The van der Waals surface area contributed by atoms with Crippen molar-refractivity contribution in [2.45, 2.75) is 26.3 Å². The number of aryl methyl sites for hydroxylation is 1. The minimum Gasteiger partial charge on any atom is -0.421 e. The van der Waals surface area contributed by atoms with Crippen LogP contribution in [0.5, 0.6) is 0 Å². The van der Waals surface area contributed by atoms with Crippen LogP contribution in [0.15, 0.2) is 28.7 Å². The van der Waals surface area contributed by atoms with E-state index in [-0.39, 0.29) is 17.9 Å². The lowest BCUT2D eigenvalue weighted by atomic mass is 10.0. The normalized spacial score (nSPS) is 21.4. The van der Waals surface area contributed by atoms with Gasteiger partial charge in [-0.15, -0.1) is 10.2 Å². The fourth-order valence-electron chi connectivity index (χ4n) is 2.63. The Morgan fingerprint density at radius 3 is 2.86 bits per heavy atom. The van der Waals surface area contributed by atoms with Crippen molar-refractivity contribution in [3.05, 3.63) is 30.2 Å². The van der Waals surface area contributed by atoms with Crippen molar-refractivity contribution in [1.82, 2.24) is 15.5 Å². The van der Waals surface area contributed by atoms with Gasteiger partial charge in [0.1, 0.15) is 0 Å². The molecule has 1 fully saturated rings. The Balaban J connectivity index is 1.84. The van der Waals surface area contributed by atoms with Crippen molar-refractivity contribution in [3.63, 3.8) is 0 Å². The van der Waals surface area contributed by atoms with Crippen LogP contribution in [0.1, 0.15) is 19.2 Å². The molecule has 0 saturated carbocycles. The molecule has 1 aromatic heterocycles. The van der Waals surface area contributed by atoms with Gasteiger partial charge in [0.25, 0.3) is 0 Å². The van der Waals surface area contributed by atoms with E-state index in [1.54, 1.807) is 6.92 Å². The third-order valence-electron chi connectivity index (χ3n) is 3.80. The van der Waals surface area contributed by atoms with Gasteiger partial charge < -0.3 is 15.1 Å². The second-order valence-electron chi connectivity index (χ2n) is 5.30.